The summed E-state index contributed by atoms with van der Waals surface area (Å²) in [5, 5.41) is 7.50. The highest BCUT2D eigenvalue weighted by Crippen LogP contribution is 2.41. The average Bonchev–Trinajstić information content (AvgIpc) is 2.97. The summed E-state index contributed by atoms with van der Waals surface area (Å²) in [6, 6.07) is 3.35. The van der Waals surface area contributed by atoms with Crippen molar-refractivity contribution < 1.29 is 9.59 Å². The lowest BCUT2D eigenvalue weighted by Gasteiger charge is -2.33. The van der Waals surface area contributed by atoms with Gasteiger partial charge in [0.05, 0.1) is 6.20 Å². The van der Waals surface area contributed by atoms with E-state index in [2.05, 4.69) is 15.4 Å². The van der Waals surface area contributed by atoms with Gasteiger partial charge in [0.15, 0.2) is 5.78 Å². The molecule has 0 spiro atoms. The molecule has 2 aromatic heterocycles. The molecule has 4 rings (SSSR count). The molecule has 0 fully saturated rings. The minimum atomic E-state index is -0.546. The fraction of sp³-hybridized carbons (Fsp3) is 0.250. The summed E-state index contributed by atoms with van der Waals surface area (Å²) >= 11 is 0. The summed E-state index contributed by atoms with van der Waals surface area (Å²) in [7, 11) is 0. The van der Waals surface area contributed by atoms with E-state index in [1.807, 2.05) is 12.1 Å². The first-order valence-corrected chi connectivity index (χ1v) is 7.47. The number of carbonyl (C=O) groups excluding carboxylic acids is 2. The molecular weight excluding hydrogens is 294 g/mol. The number of amides is 1. The molecule has 1 aliphatic carbocycles. The van der Waals surface area contributed by atoms with Crippen molar-refractivity contribution in [1.82, 2.24) is 14.8 Å². The molecular formula is C16H15N5O2. The Hall–Kier alpha value is -2.96. The van der Waals surface area contributed by atoms with Crippen LogP contribution in [0.3, 0.4) is 0 Å². The number of nitrogens with one attached hydrogen (secondary N) is 1. The molecule has 7 heteroatoms. The third kappa shape index (κ3) is 2.04. The SMILES string of the molecule is NC(=O)c1cnn2c1NC1=C(C(=O)CCC1)[C@H]2c1cccnc1. The zero-order valence-electron chi connectivity index (χ0n) is 12.3. The minimum Gasteiger partial charge on any atom is -0.365 e. The summed E-state index contributed by atoms with van der Waals surface area (Å²) in [5.41, 5.74) is 8.17. The number of hydrogen-bond acceptors (Lipinski definition) is 5. The van der Waals surface area contributed by atoms with Gasteiger partial charge in [-0.25, -0.2) is 4.68 Å². The molecule has 0 saturated carbocycles. The van der Waals surface area contributed by atoms with Gasteiger partial charge >= 0.3 is 0 Å². The van der Waals surface area contributed by atoms with Crippen molar-refractivity contribution in [1.29, 1.82) is 0 Å². The molecule has 3 heterocycles. The van der Waals surface area contributed by atoms with Gasteiger partial charge in [-0.05, 0) is 24.5 Å². The highest BCUT2D eigenvalue weighted by Gasteiger charge is 2.37. The predicted octanol–water partition coefficient (Wildman–Crippen LogP) is 1.40. The summed E-state index contributed by atoms with van der Waals surface area (Å²) in [6.45, 7) is 0. The van der Waals surface area contributed by atoms with Gasteiger partial charge in [0.2, 0.25) is 0 Å². The second-order valence-electron chi connectivity index (χ2n) is 5.70. The molecule has 0 radical (unpaired) electrons. The van der Waals surface area contributed by atoms with Crippen molar-refractivity contribution in [2.45, 2.75) is 25.3 Å². The molecule has 1 aliphatic heterocycles. The maximum Gasteiger partial charge on any atom is 0.254 e. The largest absolute Gasteiger partial charge is 0.365 e. The molecule has 2 aliphatic rings. The molecule has 1 atom stereocenters. The first kappa shape index (κ1) is 13.7. The van der Waals surface area contributed by atoms with E-state index in [0.29, 0.717) is 23.4 Å². The monoisotopic (exact) mass is 309 g/mol. The smallest absolute Gasteiger partial charge is 0.254 e. The van der Waals surface area contributed by atoms with E-state index in [9.17, 15) is 9.59 Å². The van der Waals surface area contributed by atoms with Gasteiger partial charge in [-0.2, -0.15) is 5.10 Å². The Labute approximate surface area is 132 Å². The average molecular weight is 309 g/mol. The van der Waals surface area contributed by atoms with Gasteiger partial charge < -0.3 is 11.1 Å². The van der Waals surface area contributed by atoms with Crippen molar-refractivity contribution in [2.75, 3.05) is 5.32 Å². The zero-order chi connectivity index (χ0) is 16.0. The van der Waals surface area contributed by atoms with Crippen LogP contribution in [0.4, 0.5) is 5.82 Å². The second-order valence-corrected chi connectivity index (χ2v) is 5.70. The van der Waals surface area contributed by atoms with Crippen LogP contribution in [0.1, 0.15) is 41.2 Å². The number of anilines is 1. The minimum absolute atomic E-state index is 0.106. The Morgan fingerprint density at radius 2 is 2.22 bits per heavy atom. The number of rotatable bonds is 2. The first-order chi connectivity index (χ1) is 11.2. The van der Waals surface area contributed by atoms with Crippen LogP contribution in [0.5, 0.6) is 0 Å². The van der Waals surface area contributed by atoms with Crippen LogP contribution in [0.15, 0.2) is 42.0 Å². The number of aromatic nitrogens is 3. The third-order valence-electron chi connectivity index (χ3n) is 4.30. The molecule has 7 nitrogen and oxygen atoms in total. The lowest BCUT2D eigenvalue weighted by atomic mass is 9.86. The van der Waals surface area contributed by atoms with Gasteiger partial charge in [-0.15, -0.1) is 0 Å². The molecule has 23 heavy (non-hydrogen) atoms. The predicted molar refractivity (Wildman–Crippen MR) is 82.6 cm³/mol. The fourth-order valence-corrected chi connectivity index (χ4v) is 3.28. The summed E-state index contributed by atoms with van der Waals surface area (Å²) in [5.74, 6) is 0.101. The van der Waals surface area contributed by atoms with Crippen molar-refractivity contribution >= 4 is 17.5 Å². The summed E-state index contributed by atoms with van der Waals surface area (Å²) in [4.78, 5) is 28.3. The van der Waals surface area contributed by atoms with Gasteiger partial charge in [0.25, 0.3) is 5.91 Å². The van der Waals surface area contributed by atoms with Crippen LogP contribution < -0.4 is 11.1 Å². The number of fused-ring (bicyclic) bond motifs is 1. The number of ketones is 1. The van der Waals surface area contributed by atoms with Crippen LogP contribution in [0.25, 0.3) is 0 Å². The standard InChI is InChI=1S/C16H15N5O2/c17-15(23)10-8-19-21-14(9-3-2-6-18-7-9)13-11(20-16(10)21)4-1-5-12(13)22/h2-3,6-8,14,20H,1,4-5H2,(H2,17,23)/t14-/m1/s1. The molecule has 2 aromatic rings. The lowest BCUT2D eigenvalue weighted by Crippen LogP contribution is -2.32. The highest BCUT2D eigenvalue weighted by atomic mass is 16.1. The second kappa shape index (κ2) is 5.05. The zero-order valence-corrected chi connectivity index (χ0v) is 12.3. The quantitative estimate of drug-likeness (QED) is 0.873. The summed E-state index contributed by atoms with van der Waals surface area (Å²) < 4.78 is 1.65. The van der Waals surface area contributed by atoms with Crippen molar-refractivity contribution in [3.8, 4) is 0 Å². The van der Waals surface area contributed by atoms with E-state index in [4.69, 9.17) is 5.73 Å². The Kier molecular flexibility index (Phi) is 3.00. The number of Topliss-reactive ketones (excluding diaryl/α,β-unsaturated/α-hetero) is 1. The molecule has 0 unspecified atom stereocenters. The van der Waals surface area contributed by atoms with E-state index in [1.54, 1.807) is 17.1 Å². The maximum absolute atomic E-state index is 12.5. The van der Waals surface area contributed by atoms with Gasteiger partial charge in [-0.1, -0.05) is 6.07 Å². The van der Waals surface area contributed by atoms with Gasteiger partial charge in [0.1, 0.15) is 17.4 Å². The third-order valence-corrected chi connectivity index (χ3v) is 4.30. The number of nitrogens with zero attached hydrogens (tertiary/aromatic N) is 3. The maximum atomic E-state index is 12.5. The van der Waals surface area contributed by atoms with Crippen molar-refractivity contribution in [2.24, 2.45) is 5.73 Å². The van der Waals surface area contributed by atoms with Gasteiger partial charge in [-0.3, -0.25) is 14.6 Å². The van der Waals surface area contributed by atoms with Crippen LogP contribution in [-0.2, 0) is 4.79 Å². The molecule has 0 aromatic carbocycles. The number of primary amides is 1. The van der Waals surface area contributed by atoms with E-state index in [0.717, 1.165) is 24.1 Å². The van der Waals surface area contributed by atoms with Crippen LogP contribution in [0.2, 0.25) is 0 Å². The molecule has 116 valence electrons. The molecule has 1 amide bonds. The van der Waals surface area contributed by atoms with Crippen molar-refractivity contribution in [3.63, 3.8) is 0 Å². The van der Waals surface area contributed by atoms with Crippen LogP contribution in [0, 0.1) is 0 Å². The first-order valence-electron chi connectivity index (χ1n) is 7.47. The number of hydrogen-bond donors (Lipinski definition) is 2. The molecule has 3 N–H and O–H groups in total. The van der Waals surface area contributed by atoms with Crippen molar-refractivity contribution in [3.05, 3.63) is 53.1 Å². The Balaban J connectivity index is 1.95. The molecule has 0 saturated heterocycles. The van der Waals surface area contributed by atoms with Crippen LogP contribution >= 0.6 is 0 Å². The van der Waals surface area contributed by atoms with E-state index < -0.39 is 5.91 Å². The number of nitrogens with two attached hydrogens (primary N) is 1. The van der Waals surface area contributed by atoms with E-state index in [1.165, 1.54) is 6.20 Å². The Bertz CT molecular complexity index is 837. The van der Waals surface area contributed by atoms with Crippen LogP contribution in [-0.4, -0.2) is 26.5 Å². The van der Waals surface area contributed by atoms with E-state index >= 15 is 0 Å². The number of allylic oxidation sites excluding steroid dienone is 2. The number of pyridine rings is 1. The fourth-order valence-electron chi connectivity index (χ4n) is 3.28. The Morgan fingerprint density at radius 3 is 2.96 bits per heavy atom. The Morgan fingerprint density at radius 1 is 1.35 bits per heavy atom. The van der Waals surface area contributed by atoms with E-state index in [-0.39, 0.29) is 11.8 Å². The summed E-state index contributed by atoms with van der Waals surface area (Å²) in [6.07, 6.45) is 6.93. The molecule has 0 bridgehead atoms. The lowest BCUT2D eigenvalue weighted by molar-refractivity contribution is -0.116. The van der Waals surface area contributed by atoms with Gasteiger partial charge in [0, 0.05) is 30.1 Å². The highest BCUT2D eigenvalue weighted by molar-refractivity contribution is 6.02. The number of carbonyl (C=O) groups is 2. The topological polar surface area (TPSA) is 103 Å². The normalized spacial score (nSPS) is 19.8.